The highest BCUT2D eigenvalue weighted by Gasteiger charge is 2.18. The lowest BCUT2D eigenvalue weighted by Gasteiger charge is -2.19. The number of urea groups is 1. The molecule has 4 rings (SSSR count). The molecule has 9 nitrogen and oxygen atoms in total. The molecule has 3 amide bonds. The van der Waals surface area contributed by atoms with E-state index in [9.17, 15) is 14.4 Å². The van der Waals surface area contributed by atoms with Crippen LogP contribution in [0.5, 0.6) is 23.0 Å². The Morgan fingerprint density at radius 1 is 0.848 bits per heavy atom. The molecule has 3 aromatic carbocycles. The standard InChI is InChI=1S/C24H20N2O7/c27-22(26-24(29)25-16-10-11-20-21(14-16)31-13-12-30-20)15-32-23(28)18-8-4-5-9-19(18)33-17-6-2-1-3-7-17/h1-11,14H,12-13,15H2,(H2,25,26,27,29). The zero-order valence-electron chi connectivity index (χ0n) is 17.4. The first-order chi connectivity index (χ1) is 16.1. The number of anilines is 1. The third-order valence-electron chi connectivity index (χ3n) is 4.47. The average Bonchev–Trinajstić information content (AvgIpc) is 2.83. The second-order valence-corrected chi connectivity index (χ2v) is 6.85. The lowest BCUT2D eigenvalue weighted by molar-refractivity contribution is -0.123. The smallest absolute Gasteiger partial charge is 0.342 e. The fourth-order valence-corrected chi connectivity index (χ4v) is 2.99. The largest absolute Gasteiger partial charge is 0.486 e. The highest BCUT2D eigenvalue weighted by Crippen LogP contribution is 2.32. The Labute approximate surface area is 189 Å². The maximum atomic E-state index is 12.5. The van der Waals surface area contributed by atoms with E-state index in [0.717, 1.165) is 0 Å². The fraction of sp³-hybridized carbons (Fsp3) is 0.125. The number of ether oxygens (including phenoxy) is 4. The first-order valence-electron chi connectivity index (χ1n) is 10.1. The van der Waals surface area contributed by atoms with Gasteiger partial charge in [-0.15, -0.1) is 0 Å². The van der Waals surface area contributed by atoms with E-state index in [4.69, 9.17) is 18.9 Å². The van der Waals surface area contributed by atoms with Gasteiger partial charge in [-0.25, -0.2) is 9.59 Å². The van der Waals surface area contributed by atoms with Crippen LogP contribution in [0.25, 0.3) is 0 Å². The Morgan fingerprint density at radius 3 is 2.39 bits per heavy atom. The number of imide groups is 1. The molecule has 9 heteroatoms. The van der Waals surface area contributed by atoms with Crippen LogP contribution in [0.3, 0.4) is 0 Å². The number of hydrogen-bond donors (Lipinski definition) is 2. The molecule has 0 bridgehead atoms. The summed E-state index contributed by atoms with van der Waals surface area (Å²) >= 11 is 0. The Bertz CT molecular complexity index is 1160. The molecule has 0 aromatic heterocycles. The van der Waals surface area contributed by atoms with E-state index in [0.29, 0.717) is 36.1 Å². The van der Waals surface area contributed by atoms with Crippen LogP contribution in [0, 0.1) is 0 Å². The van der Waals surface area contributed by atoms with Crippen LogP contribution in [0.2, 0.25) is 0 Å². The molecule has 0 radical (unpaired) electrons. The molecule has 0 saturated heterocycles. The van der Waals surface area contributed by atoms with Crippen molar-refractivity contribution >= 4 is 23.6 Å². The first-order valence-corrected chi connectivity index (χ1v) is 10.1. The van der Waals surface area contributed by atoms with Crippen LogP contribution < -0.4 is 24.8 Å². The lowest BCUT2D eigenvalue weighted by Crippen LogP contribution is -2.37. The fourth-order valence-electron chi connectivity index (χ4n) is 2.99. The molecule has 0 spiro atoms. The second-order valence-electron chi connectivity index (χ2n) is 6.85. The summed E-state index contributed by atoms with van der Waals surface area (Å²) in [6.45, 7) is 0.218. The molecule has 33 heavy (non-hydrogen) atoms. The highest BCUT2D eigenvalue weighted by atomic mass is 16.6. The van der Waals surface area contributed by atoms with Crippen LogP contribution in [-0.2, 0) is 9.53 Å². The molecule has 1 aliphatic heterocycles. The number of nitrogens with one attached hydrogen (secondary N) is 2. The van der Waals surface area contributed by atoms with Gasteiger partial charge in [-0.2, -0.15) is 0 Å². The minimum absolute atomic E-state index is 0.148. The summed E-state index contributed by atoms with van der Waals surface area (Å²) in [5, 5.41) is 4.61. The number of amides is 3. The van der Waals surface area contributed by atoms with E-state index >= 15 is 0 Å². The number of esters is 1. The third-order valence-corrected chi connectivity index (χ3v) is 4.47. The van der Waals surface area contributed by atoms with Crippen LogP contribution in [-0.4, -0.2) is 37.7 Å². The Hall–Kier alpha value is -4.53. The van der Waals surface area contributed by atoms with Crippen LogP contribution >= 0.6 is 0 Å². The molecular formula is C24H20N2O7. The van der Waals surface area contributed by atoms with E-state index < -0.39 is 24.5 Å². The minimum atomic E-state index is -0.792. The average molecular weight is 448 g/mol. The summed E-state index contributed by atoms with van der Waals surface area (Å²) in [4.78, 5) is 36.6. The van der Waals surface area contributed by atoms with Crippen molar-refractivity contribution in [3.63, 3.8) is 0 Å². The van der Waals surface area contributed by atoms with Gasteiger partial charge in [0.2, 0.25) is 0 Å². The second kappa shape index (κ2) is 10.2. The number of benzene rings is 3. The van der Waals surface area contributed by atoms with Gasteiger partial charge in [-0.3, -0.25) is 10.1 Å². The van der Waals surface area contributed by atoms with E-state index in [1.54, 1.807) is 60.7 Å². The number of hydrogen-bond acceptors (Lipinski definition) is 7. The molecule has 0 saturated carbocycles. The molecule has 0 atom stereocenters. The summed E-state index contributed by atoms with van der Waals surface area (Å²) in [7, 11) is 0. The van der Waals surface area contributed by atoms with Crippen LogP contribution in [0.1, 0.15) is 10.4 Å². The van der Waals surface area contributed by atoms with E-state index in [-0.39, 0.29) is 11.3 Å². The summed E-state index contributed by atoms with van der Waals surface area (Å²) < 4.78 is 21.6. The van der Waals surface area contributed by atoms with Gasteiger partial charge in [0.05, 0.1) is 0 Å². The number of carbonyl (C=O) groups excluding carboxylic acids is 3. The summed E-state index contributed by atoms with van der Waals surface area (Å²) in [5.74, 6) is 0.350. The van der Waals surface area contributed by atoms with Gasteiger partial charge in [-0.1, -0.05) is 30.3 Å². The van der Waals surface area contributed by atoms with Gasteiger partial charge in [0.25, 0.3) is 5.91 Å². The van der Waals surface area contributed by atoms with Crippen molar-refractivity contribution in [2.24, 2.45) is 0 Å². The quantitative estimate of drug-likeness (QED) is 0.552. The SMILES string of the molecule is O=C(COC(=O)c1ccccc1Oc1ccccc1)NC(=O)Nc1ccc2c(c1)OCCO2. The van der Waals surface area contributed by atoms with Gasteiger partial charge in [-0.05, 0) is 36.4 Å². The van der Waals surface area contributed by atoms with Crippen molar-refractivity contribution in [2.75, 3.05) is 25.1 Å². The van der Waals surface area contributed by atoms with E-state index in [2.05, 4.69) is 10.6 Å². The molecule has 2 N–H and O–H groups in total. The first kappa shape index (κ1) is 21.7. The molecule has 168 valence electrons. The topological polar surface area (TPSA) is 112 Å². The van der Waals surface area contributed by atoms with Crippen molar-refractivity contribution in [1.82, 2.24) is 5.32 Å². The molecule has 0 fully saturated rings. The van der Waals surface area contributed by atoms with Gasteiger partial charge < -0.3 is 24.3 Å². The van der Waals surface area contributed by atoms with Gasteiger partial charge >= 0.3 is 12.0 Å². The van der Waals surface area contributed by atoms with Crippen molar-refractivity contribution in [2.45, 2.75) is 0 Å². The molecule has 0 unspecified atom stereocenters. The Kier molecular flexibility index (Phi) is 6.70. The Morgan fingerprint density at radius 2 is 1.58 bits per heavy atom. The summed E-state index contributed by atoms with van der Waals surface area (Å²) in [5.41, 5.74) is 0.559. The predicted octanol–water partition coefficient (Wildman–Crippen LogP) is 3.76. The third kappa shape index (κ3) is 5.79. The zero-order chi connectivity index (χ0) is 23.0. The molecule has 0 aliphatic carbocycles. The maximum absolute atomic E-state index is 12.5. The molecule has 1 heterocycles. The highest BCUT2D eigenvalue weighted by molar-refractivity contribution is 6.02. The maximum Gasteiger partial charge on any atom is 0.342 e. The zero-order valence-corrected chi connectivity index (χ0v) is 17.4. The Balaban J connectivity index is 1.29. The predicted molar refractivity (Wildman–Crippen MR) is 118 cm³/mol. The van der Waals surface area contributed by atoms with Crippen molar-refractivity contribution < 1.29 is 33.3 Å². The lowest BCUT2D eigenvalue weighted by atomic mass is 10.2. The molecular weight excluding hydrogens is 428 g/mol. The van der Waals surface area contributed by atoms with Crippen LogP contribution in [0.15, 0.2) is 72.8 Å². The van der Waals surface area contributed by atoms with Gasteiger partial charge in [0, 0.05) is 11.8 Å². The van der Waals surface area contributed by atoms with Gasteiger partial charge in [0.1, 0.15) is 30.3 Å². The number of para-hydroxylation sites is 2. The normalized spacial score (nSPS) is 11.8. The summed E-state index contributed by atoms with van der Waals surface area (Å²) in [6.07, 6.45) is 0. The number of carbonyl (C=O) groups is 3. The number of rotatable bonds is 6. The van der Waals surface area contributed by atoms with Crippen molar-refractivity contribution in [3.8, 4) is 23.0 Å². The van der Waals surface area contributed by atoms with Crippen molar-refractivity contribution in [1.29, 1.82) is 0 Å². The van der Waals surface area contributed by atoms with Gasteiger partial charge in [0.15, 0.2) is 18.1 Å². The number of fused-ring (bicyclic) bond motifs is 1. The molecule has 1 aliphatic rings. The molecule has 3 aromatic rings. The monoisotopic (exact) mass is 448 g/mol. The van der Waals surface area contributed by atoms with Crippen molar-refractivity contribution in [3.05, 3.63) is 78.4 Å². The summed E-state index contributed by atoms with van der Waals surface area (Å²) in [6, 6.07) is 19.5. The van der Waals surface area contributed by atoms with Crippen LogP contribution in [0.4, 0.5) is 10.5 Å². The van der Waals surface area contributed by atoms with E-state index in [1.807, 2.05) is 6.07 Å². The minimum Gasteiger partial charge on any atom is -0.486 e. The van der Waals surface area contributed by atoms with E-state index in [1.165, 1.54) is 6.07 Å².